The van der Waals surface area contributed by atoms with Crippen LogP contribution in [0.3, 0.4) is 0 Å². The van der Waals surface area contributed by atoms with E-state index in [0.29, 0.717) is 37.6 Å². The molecule has 2 aromatic rings. The molecule has 1 aliphatic rings. The number of carbonyl (C=O) groups excluding carboxylic acids is 3. The number of amides is 3. The number of aromatic nitrogens is 2. The van der Waals surface area contributed by atoms with Gasteiger partial charge in [-0.25, -0.2) is 0 Å². The van der Waals surface area contributed by atoms with Gasteiger partial charge >= 0.3 is 11.8 Å². The van der Waals surface area contributed by atoms with Crippen LogP contribution in [0, 0.1) is 6.92 Å². The average Bonchev–Trinajstić information content (AvgIpc) is 3.04. The summed E-state index contributed by atoms with van der Waals surface area (Å²) in [6.07, 6.45) is 1.64. The Labute approximate surface area is 162 Å². The molecule has 0 radical (unpaired) electrons. The zero-order valence-corrected chi connectivity index (χ0v) is 15.9. The van der Waals surface area contributed by atoms with E-state index in [9.17, 15) is 14.4 Å². The van der Waals surface area contributed by atoms with Gasteiger partial charge in [-0.15, -0.1) is 0 Å². The molecule has 1 fully saturated rings. The molecule has 3 rings (SSSR count). The molecule has 28 heavy (non-hydrogen) atoms. The highest BCUT2D eigenvalue weighted by atomic mass is 16.5. The van der Waals surface area contributed by atoms with E-state index in [1.807, 2.05) is 6.92 Å². The van der Waals surface area contributed by atoms with Gasteiger partial charge in [-0.2, -0.15) is 5.10 Å². The molecule has 1 saturated heterocycles. The second-order valence-electron chi connectivity index (χ2n) is 6.47. The van der Waals surface area contributed by atoms with Crippen LogP contribution in [0.25, 0.3) is 0 Å². The van der Waals surface area contributed by atoms with Gasteiger partial charge in [0.1, 0.15) is 0 Å². The highest BCUT2D eigenvalue weighted by Gasteiger charge is 2.23. The first kappa shape index (κ1) is 19.6. The molecular weight excluding hydrogens is 362 g/mol. The van der Waals surface area contributed by atoms with Crippen LogP contribution in [-0.2, 0) is 27.9 Å². The summed E-state index contributed by atoms with van der Waals surface area (Å²) in [5, 5.41) is 9.20. The second kappa shape index (κ2) is 8.66. The van der Waals surface area contributed by atoms with Crippen molar-refractivity contribution in [3.05, 3.63) is 47.3 Å². The molecule has 1 aromatic heterocycles. The van der Waals surface area contributed by atoms with E-state index < -0.39 is 11.8 Å². The molecule has 3 amide bonds. The molecule has 0 saturated carbocycles. The number of nitrogens with one attached hydrogen (secondary N) is 2. The van der Waals surface area contributed by atoms with Crippen molar-refractivity contribution in [3.63, 3.8) is 0 Å². The zero-order chi connectivity index (χ0) is 20.1. The molecule has 9 heteroatoms. The second-order valence-corrected chi connectivity index (χ2v) is 6.47. The maximum Gasteiger partial charge on any atom is 0.313 e. The van der Waals surface area contributed by atoms with Crippen molar-refractivity contribution in [1.82, 2.24) is 20.0 Å². The maximum absolute atomic E-state index is 12.7. The molecule has 2 heterocycles. The largest absolute Gasteiger partial charge is 0.378 e. The fraction of sp³-hybridized carbons (Fsp3) is 0.368. The van der Waals surface area contributed by atoms with Crippen LogP contribution in [0.2, 0.25) is 0 Å². The lowest BCUT2D eigenvalue weighted by Crippen LogP contribution is -2.41. The molecule has 2 N–H and O–H groups in total. The van der Waals surface area contributed by atoms with E-state index >= 15 is 0 Å². The van der Waals surface area contributed by atoms with Crippen molar-refractivity contribution in [3.8, 4) is 0 Å². The molecule has 148 valence electrons. The summed E-state index contributed by atoms with van der Waals surface area (Å²) in [5.74, 6) is -1.81. The first-order valence-corrected chi connectivity index (χ1v) is 9.00. The smallest absolute Gasteiger partial charge is 0.313 e. The van der Waals surface area contributed by atoms with Crippen molar-refractivity contribution in [2.24, 2.45) is 7.05 Å². The topological polar surface area (TPSA) is 106 Å². The fourth-order valence-electron chi connectivity index (χ4n) is 2.87. The van der Waals surface area contributed by atoms with Crippen molar-refractivity contribution in [2.45, 2.75) is 13.5 Å². The summed E-state index contributed by atoms with van der Waals surface area (Å²) >= 11 is 0. The van der Waals surface area contributed by atoms with E-state index in [-0.39, 0.29) is 12.5 Å². The minimum atomic E-state index is -0.830. The minimum absolute atomic E-state index is 0.195. The normalized spacial score (nSPS) is 13.9. The van der Waals surface area contributed by atoms with E-state index in [1.54, 1.807) is 47.1 Å². The molecule has 9 nitrogen and oxygen atoms in total. The number of carbonyl (C=O) groups is 3. The number of benzene rings is 1. The van der Waals surface area contributed by atoms with Crippen molar-refractivity contribution < 1.29 is 19.1 Å². The quantitative estimate of drug-likeness (QED) is 0.744. The standard InChI is InChI=1S/C19H23N5O4/c1-13-14(12-21-23(13)2)11-20-17(25)18(26)22-16-6-4-3-5-15(16)19(27)24-7-9-28-10-8-24/h3-6,12H,7-11H2,1-2H3,(H,20,25)(H,22,26). The fourth-order valence-corrected chi connectivity index (χ4v) is 2.87. The van der Waals surface area contributed by atoms with Crippen LogP contribution in [0.15, 0.2) is 30.5 Å². The summed E-state index contributed by atoms with van der Waals surface area (Å²) in [4.78, 5) is 38.8. The summed E-state index contributed by atoms with van der Waals surface area (Å²) in [5.41, 5.74) is 2.37. The van der Waals surface area contributed by atoms with Crippen LogP contribution in [0.4, 0.5) is 5.69 Å². The molecule has 0 spiro atoms. The van der Waals surface area contributed by atoms with E-state index in [4.69, 9.17) is 4.74 Å². The number of nitrogens with zero attached hydrogens (tertiary/aromatic N) is 3. The van der Waals surface area contributed by atoms with Crippen LogP contribution in [0.1, 0.15) is 21.6 Å². The summed E-state index contributed by atoms with van der Waals surface area (Å²) < 4.78 is 6.95. The zero-order valence-electron chi connectivity index (χ0n) is 15.9. The van der Waals surface area contributed by atoms with Gasteiger partial charge in [-0.05, 0) is 19.1 Å². The van der Waals surface area contributed by atoms with Gasteiger partial charge in [0, 0.05) is 37.9 Å². The highest BCUT2D eigenvalue weighted by Crippen LogP contribution is 2.18. The number of para-hydroxylation sites is 1. The molecule has 1 aliphatic heterocycles. The first-order chi connectivity index (χ1) is 13.5. The molecule has 1 aromatic carbocycles. The number of aryl methyl sites for hydroxylation is 1. The molecule has 0 unspecified atom stereocenters. The van der Waals surface area contributed by atoms with Crippen molar-refractivity contribution in [1.29, 1.82) is 0 Å². The Morgan fingerprint density at radius 2 is 1.86 bits per heavy atom. The Hall–Kier alpha value is -3.20. The Bertz CT molecular complexity index is 886. The van der Waals surface area contributed by atoms with Gasteiger partial charge in [0.15, 0.2) is 0 Å². The summed E-state index contributed by atoms with van der Waals surface area (Å²) in [7, 11) is 1.80. The van der Waals surface area contributed by atoms with E-state index in [1.165, 1.54) is 0 Å². The van der Waals surface area contributed by atoms with Gasteiger partial charge in [0.25, 0.3) is 5.91 Å². The number of rotatable bonds is 4. The lowest BCUT2D eigenvalue weighted by atomic mass is 10.1. The third-order valence-electron chi connectivity index (χ3n) is 4.69. The van der Waals surface area contributed by atoms with Crippen LogP contribution < -0.4 is 10.6 Å². The number of hydrogen-bond acceptors (Lipinski definition) is 5. The summed E-state index contributed by atoms with van der Waals surface area (Å²) in [6, 6.07) is 6.64. The molecule has 0 bridgehead atoms. The number of hydrogen-bond donors (Lipinski definition) is 2. The SMILES string of the molecule is Cc1c(CNC(=O)C(=O)Nc2ccccc2C(=O)N2CCOCC2)cnn1C. The lowest BCUT2D eigenvalue weighted by Gasteiger charge is -2.27. The maximum atomic E-state index is 12.7. The number of ether oxygens (including phenoxy) is 1. The average molecular weight is 385 g/mol. The Morgan fingerprint density at radius 3 is 2.54 bits per heavy atom. The first-order valence-electron chi connectivity index (χ1n) is 9.00. The Morgan fingerprint density at radius 1 is 1.14 bits per heavy atom. The van der Waals surface area contributed by atoms with Crippen LogP contribution in [0.5, 0.6) is 0 Å². The predicted molar refractivity (Wildman–Crippen MR) is 102 cm³/mol. The Balaban J connectivity index is 1.64. The number of anilines is 1. The van der Waals surface area contributed by atoms with Gasteiger partial charge in [0.2, 0.25) is 0 Å². The van der Waals surface area contributed by atoms with Gasteiger partial charge in [-0.1, -0.05) is 12.1 Å². The van der Waals surface area contributed by atoms with Crippen LogP contribution in [-0.4, -0.2) is 58.7 Å². The van der Waals surface area contributed by atoms with E-state index in [0.717, 1.165) is 11.3 Å². The molecular formula is C19H23N5O4. The van der Waals surface area contributed by atoms with Gasteiger partial charge in [-0.3, -0.25) is 19.1 Å². The highest BCUT2D eigenvalue weighted by molar-refractivity contribution is 6.40. The van der Waals surface area contributed by atoms with Crippen LogP contribution >= 0.6 is 0 Å². The van der Waals surface area contributed by atoms with E-state index in [2.05, 4.69) is 15.7 Å². The summed E-state index contributed by atoms with van der Waals surface area (Å²) in [6.45, 7) is 4.02. The van der Waals surface area contributed by atoms with Crippen molar-refractivity contribution >= 4 is 23.4 Å². The minimum Gasteiger partial charge on any atom is -0.378 e. The predicted octanol–water partition coefficient (Wildman–Crippen LogP) is 0.456. The van der Waals surface area contributed by atoms with Crippen molar-refractivity contribution in [2.75, 3.05) is 31.6 Å². The molecule has 0 atom stereocenters. The third kappa shape index (κ3) is 4.37. The molecule has 0 aliphatic carbocycles. The monoisotopic (exact) mass is 385 g/mol. The Kier molecular flexibility index (Phi) is 6.05. The number of morpholine rings is 1. The van der Waals surface area contributed by atoms with Gasteiger partial charge in [0.05, 0.1) is 30.7 Å². The van der Waals surface area contributed by atoms with Gasteiger partial charge < -0.3 is 20.3 Å². The third-order valence-corrected chi connectivity index (χ3v) is 4.69. The lowest BCUT2D eigenvalue weighted by molar-refractivity contribution is -0.136.